The van der Waals surface area contributed by atoms with Gasteiger partial charge in [-0.3, -0.25) is 0 Å². The molecule has 4 nitrogen and oxygen atoms in total. The van der Waals surface area contributed by atoms with Gasteiger partial charge in [0.05, 0.1) is 11.5 Å². The molecule has 0 radical (unpaired) electrons. The summed E-state index contributed by atoms with van der Waals surface area (Å²) < 4.78 is 28.3. The Bertz CT molecular complexity index is 539. The topological polar surface area (TPSA) is 66.4 Å². The van der Waals surface area contributed by atoms with Crippen molar-refractivity contribution in [1.29, 1.82) is 0 Å². The number of hydrogen-bond acceptors (Lipinski definition) is 3. The minimum Gasteiger partial charge on any atom is -0.395 e. The largest absolute Gasteiger partial charge is 0.395 e. The van der Waals surface area contributed by atoms with Crippen LogP contribution in [0.25, 0.3) is 0 Å². The molecule has 0 heterocycles. The van der Waals surface area contributed by atoms with Gasteiger partial charge in [0.1, 0.15) is 0 Å². The molecular formula is C15H22INO3S. The van der Waals surface area contributed by atoms with Gasteiger partial charge in [-0.15, -0.1) is 0 Å². The lowest BCUT2D eigenvalue weighted by atomic mass is 9.85. The van der Waals surface area contributed by atoms with Crippen LogP contribution >= 0.6 is 22.6 Å². The minimum absolute atomic E-state index is 0.153. The number of hydrogen-bond donors (Lipinski definition) is 2. The predicted molar refractivity (Wildman–Crippen MR) is 91.5 cm³/mol. The average molecular weight is 423 g/mol. The number of benzene rings is 1. The maximum absolute atomic E-state index is 12.3. The van der Waals surface area contributed by atoms with E-state index in [1.807, 2.05) is 0 Å². The Labute approximate surface area is 140 Å². The summed E-state index contributed by atoms with van der Waals surface area (Å²) in [6.45, 7) is -0.153. The molecule has 0 aromatic heterocycles. The molecule has 0 aliphatic heterocycles. The van der Waals surface area contributed by atoms with Crippen LogP contribution < -0.4 is 4.72 Å². The molecule has 1 aliphatic rings. The lowest BCUT2D eigenvalue weighted by Crippen LogP contribution is -2.39. The Morgan fingerprint density at radius 3 is 2.38 bits per heavy atom. The van der Waals surface area contributed by atoms with Crippen molar-refractivity contribution in [3.63, 3.8) is 0 Å². The Hall–Kier alpha value is -0.180. The van der Waals surface area contributed by atoms with Crippen molar-refractivity contribution in [3.05, 3.63) is 27.8 Å². The predicted octanol–water partition coefficient (Wildman–Crippen LogP) is 2.90. The van der Waals surface area contributed by atoms with E-state index in [9.17, 15) is 13.5 Å². The monoisotopic (exact) mass is 423 g/mol. The van der Waals surface area contributed by atoms with Crippen LogP contribution in [0.15, 0.2) is 29.2 Å². The minimum atomic E-state index is -3.55. The molecule has 1 aromatic rings. The Morgan fingerprint density at radius 2 is 1.81 bits per heavy atom. The molecule has 0 spiro atoms. The molecule has 1 fully saturated rings. The standard InChI is InChI=1S/C15H22INO3S/c16-13-6-8-15(9-7-13)21(19,20)17-14(11-18)10-12-4-2-1-3-5-12/h6-9,12,14,17-18H,1-5,10-11H2/t14-/m0/s1. The van der Waals surface area contributed by atoms with Crippen LogP contribution in [-0.4, -0.2) is 26.2 Å². The molecule has 0 unspecified atom stereocenters. The van der Waals surface area contributed by atoms with Crippen molar-refractivity contribution < 1.29 is 13.5 Å². The Kier molecular flexibility index (Phi) is 6.46. The second-order valence-electron chi connectivity index (χ2n) is 5.69. The van der Waals surface area contributed by atoms with E-state index >= 15 is 0 Å². The molecule has 1 atom stereocenters. The van der Waals surface area contributed by atoms with Gasteiger partial charge < -0.3 is 5.11 Å². The SMILES string of the molecule is O=S(=O)(N[C@H](CO)CC1CCCCC1)c1ccc(I)cc1. The highest BCUT2D eigenvalue weighted by Gasteiger charge is 2.23. The van der Waals surface area contributed by atoms with Gasteiger partial charge in [-0.05, 0) is 59.2 Å². The molecule has 2 N–H and O–H groups in total. The van der Waals surface area contributed by atoms with E-state index in [1.54, 1.807) is 24.3 Å². The van der Waals surface area contributed by atoms with Crippen molar-refractivity contribution >= 4 is 32.6 Å². The van der Waals surface area contributed by atoms with Crippen LogP contribution in [0.4, 0.5) is 0 Å². The Morgan fingerprint density at radius 1 is 1.19 bits per heavy atom. The van der Waals surface area contributed by atoms with Crippen molar-refractivity contribution in [2.75, 3.05) is 6.61 Å². The smallest absolute Gasteiger partial charge is 0.240 e. The van der Waals surface area contributed by atoms with Gasteiger partial charge >= 0.3 is 0 Å². The van der Waals surface area contributed by atoms with Crippen LogP contribution in [0.2, 0.25) is 0 Å². The van der Waals surface area contributed by atoms with E-state index in [4.69, 9.17) is 0 Å². The van der Waals surface area contributed by atoms with E-state index in [-0.39, 0.29) is 11.5 Å². The second-order valence-corrected chi connectivity index (χ2v) is 8.65. The third kappa shape index (κ3) is 5.19. The molecule has 1 saturated carbocycles. The highest BCUT2D eigenvalue weighted by Crippen LogP contribution is 2.27. The van der Waals surface area contributed by atoms with Gasteiger partial charge in [-0.2, -0.15) is 0 Å². The molecule has 21 heavy (non-hydrogen) atoms. The molecule has 1 aliphatic carbocycles. The first-order valence-electron chi connectivity index (χ1n) is 7.40. The first-order chi connectivity index (χ1) is 10.0. The summed E-state index contributed by atoms with van der Waals surface area (Å²) in [4.78, 5) is 0.255. The van der Waals surface area contributed by atoms with Gasteiger partial charge in [0.15, 0.2) is 0 Å². The second kappa shape index (κ2) is 7.89. The number of sulfonamides is 1. The zero-order valence-electron chi connectivity index (χ0n) is 12.0. The van der Waals surface area contributed by atoms with Crippen molar-refractivity contribution in [2.45, 2.75) is 49.5 Å². The molecular weight excluding hydrogens is 401 g/mol. The summed E-state index contributed by atoms with van der Waals surface area (Å²) in [5.74, 6) is 0.523. The van der Waals surface area contributed by atoms with E-state index in [0.717, 1.165) is 22.8 Å². The molecule has 0 saturated heterocycles. The average Bonchev–Trinajstić information content (AvgIpc) is 2.48. The summed E-state index contributed by atoms with van der Waals surface area (Å²) in [6.07, 6.45) is 6.71. The Balaban J connectivity index is 2.00. The summed E-state index contributed by atoms with van der Waals surface area (Å²) in [7, 11) is -3.55. The molecule has 118 valence electrons. The van der Waals surface area contributed by atoms with E-state index in [1.165, 1.54) is 19.3 Å². The molecule has 1 aromatic carbocycles. The molecule has 0 amide bonds. The van der Waals surface area contributed by atoms with Gasteiger partial charge in [-0.25, -0.2) is 13.1 Å². The van der Waals surface area contributed by atoms with E-state index in [2.05, 4.69) is 27.3 Å². The molecule has 0 bridgehead atoms. The van der Waals surface area contributed by atoms with E-state index in [0.29, 0.717) is 5.92 Å². The molecule has 6 heteroatoms. The normalized spacial score (nSPS) is 18.6. The first kappa shape index (κ1) is 17.2. The molecule has 2 rings (SSSR count). The van der Waals surface area contributed by atoms with Crippen molar-refractivity contribution in [1.82, 2.24) is 4.72 Å². The van der Waals surface area contributed by atoms with Crippen LogP contribution in [0, 0.1) is 9.49 Å². The summed E-state index contributed by atoms with van der Waals surface area (Å²) >= 11 is 2.14. The highest BCUT2D eigenvalue weighted by atomic mass is 127. The van der Waals surface area contributed by atoms with Crippen LogP contribution in [0.5, 0.6) is 0 Å². The van der Waals surface area contributed by atoms with E-state index < -0.39 is 16.1 Å². The van der Waals surface area contributed by atoms with Crippen LogP contribution in [-0.2, 0) is 10.0 Å². The number of halogens is 1. The maximum atomic E-state index is 12.3. The van der Waals surface area contributed by atoms with Crippen molar-refractivity contribution in [2.24, 2.45) is 5.92 Å². The fourth-order valence-electron chi connectivity index (χ4n) is 2.89. The van der Waals surface area contributed by atoms with Gasteiger partial charge in [0.25, 0.3) is 0 Å². The fourth-order valence-corrected chi connectivity index (χ4v) is 4.49. The third-order valence-corrected chi connectivity index (χ3v) is 6.26. The number of aliphatic hydroxyl groups excluding tert-OH is 1. The first-order valence-corrected chi connectivity index (χ1v) is 9.96. The summed E-state index contributed by atoms with van der Waals surface area (Å²) in [6, 6.07) is 6.34. The van der Waals surface area contributed by atoms with Gasteiger partial charge in [-0.1, -0.05) is 32.1 Å². The lowest BCUT2D eigenvalue weighted by Gasteiger charge is -2.26. The number of nitrogens with one attached hydrogen (secondary N) is 1. The quantitative estimate of drug-likeness (QED) is 0.692. The van der Waals surface area contributed by atoms with Gasteiger partial charge in [0, 0.05) is 9.61 Å². The maximum Gasteiger partial charge on any atom is 0.240 e. The number of rotatable bonds is 6. The zero-order valence-corrected chi connectivity index (χ0v) is 14.9. The zero-order chi connectivity index (χ0) is 15.3. The highest BCUT2D eigenvalue weighted by molar-refractivity contribution is 14.1. The third-order valence-electron chi connectivity index (χ3n) is 4.01. The fraction of sp³-hybridized carbons (Fsp3) is 0.600. The van der Waals surface area contributed by atoms with Crippen LogP contribution in [0.1, 0.15) is 38.5 Å². The van der Waals surface area contributed by atoms with Crippen LogP contribution in [0.3, 0.4) is 0 Å². The summed E-state index contributed by atoms with van der Waals surface area (Å²) in [5.41, 5.74) is 0. The lowest BCUT2D eigenvalue weighted by molar-refractivity contribution is 0.218. The number of aliphatic hydroxyl groups is 1. The van der Waals surface area contributed by atoms with Crippen molar-refractivity contribution in [3.8, 4) is 0 Å². The summed E-state index contributed by atoms with van der Waals surface area (Å²) in [5, 5.41) is 9.48. The van der Waals surface area contributed by atoms with Gasteiger partial charge in [0.2, 0.25) is 10.0 Å².